The summed E-state index contributed by atoms with van der Waals surface area (Å²) in [5.74, 6) is -0.140. The largest absolute Gasteiger partial charge is 0.488 e. The molecule has 1 atom stereocenters. The van der Waals surface area contributed by atoms with Crippen molar-refractivity contribution in [3.8, 4) is 5.75 Å². The monoisotopic (exact) mass is 276 g/mol. The Bertz CT molecular complexity index is 517. The molecular weight excluding hydrogens is 256 g/mol. The Hall–Kier alpha value is -2.04. The van der Waals surface area contributed by atoms with Gasteiger partial charge in [0.15, 0.2) is 0 Å². The van der Waals surface area contributed by atoms with Crippen molar-refractivity contribution in [3.05, 3.63) is 24.3 Å². The minimum absolute atomic E-state index is 0.0710. The zero-order valence-electron chi connectivity index (χ0n) is 12.1. The quantitative estimate of drug-likeness (QED) is 0.913. The van der Waals surface area contributed by atoms with Gasteiger partial charge in [0.05, 0.1) is 5.92 Å². The van der Waals surface area contributed by atoms with E-state index in [1.165, 1.54) is 0 Å². The van der Waals surface area contributed by atoms with Crippen molar-refractivity contribution in [3.63, 3.8) is 0 Å². The minimum atomic E-state index is -0.423. The fraction of sp³-hybridized carbons (Fsp3) is 0.467. The SMILES string of the molecule is CC(C)(C)Oc1ccc(N2CC(C(N)=O)CC2=O)cc1. The van der Waals surface area contributed by atoms with Crippen LogP contribution in [0.5, 0.6) is 5.75 Å². The van der Waals surface area contributed by atoms with Gasteiger partial charge in [-0.25, -0.2) is 0 Å². The molecule has 1 heterocycles. The average molecular weight is 276 g/mol. The van der Waals surface area contributed by atoms with E-state index in [4.69, 9.17) is 10.5 Å². The van der Waals surface area contributed by atoms with Crippen LogP contribution in [0.4, 0.5) is 5.69 Å². The fourth-order valence-corrected chi connectivity index (χ4v) is 2.20. The number of benzene rings is 1. The molecule has 20 heavy (non-hydrogen) atoms. The average Bonchev–Trinajstić information content (AvgIpc) is 2.70. The van der Waals surface area contributed by atoms with E-state index in [0.29, 0.717) is 6.54 Å². The lowest BCUT2D eigenvalue weighted by molar-refractivity contribution is -0.123. The number of nitrogens with zero attached hydrogens (tertiary/aromatic N) is 1. The van der Waals surface area contributed by atoms with Crippen LogP contribution in [-0.4, -0.2) is 24.0 Å². The summed E-state index contributed by atoms with van der Waals surface area (Å²) < 4.78 is 5.73. The molecule has 108 valence electrons. The van der Waals surface area contributed by atoms with Crippen molar-refractivity contribution in [1.82, 2.24) is 0 Å². The van der Waals surface area contributed by atoms with Gasteiger partial charge in [0.2, 0.25) is 11.8 Å². The van der Waals surface area contributed by atoms with Crippen LogP contribution in [0.2, 0.25) is 0 Å². The van der Waals surface area contributed by atoms with Crippen LogP contribution in [0.15, 0.2) is 24.3 Å². The zero-order chi connectivity index (χ0) is 14.9. The van der Waals surface area contributed by atoms with Gasteiger partial charge in [0.25, 0.3) is 0 Å². The van der Waals surface area contributed by atoms with E-state index in [9.17, 15) is 9.59 Å². The number of carbonyl (C=O) groups excluding carboxylic acids is 2. The molecule has 1 aliphatic rings. The fourth-order valence-electron chi connectivity index (χ4n) is 2.20. The van der Waals surface area contributed by atoms with Gasteiger partial charge in [-0.15, -0.1) is 0 Å². The lowest BCUT2D eigenvalue weighted by Crippen LogP contribution is -2.28. The molecular formula is C15H20N2O3. The highest BCUT2D eigenvalue weighted by Crippen LogP contribution is 2.27. The smallest absolute Gasteiger partial charge is 0.227 e. The Kier molecular flexibility index (Phi) is 3.70. The lowest BCUT2D eigenvalue weighted by Gasteiger charge is -2.22. The van der Waals surface area contributed by atoms with Crippen LogP contribution < -0.4 is 15.4 Å². The molecule has 0 spiro atoms. The second-order valence-electron chi connectivity index (χ2n) is 6.02. The van der Waals surface area contributed by atoms with E-state index in [1.54, 1.807) is 4.90 Å². The van der Waals surface area contributed by atoms with Crippen molar-refractivity contribution in [1.29, 1.82) is 0 Å². The molecule has 5 heteroatoms. The number of anilines is 1. The number of ether oxygens (including phenoxy) is 1. The van der Waals surface area contributed by atoms with Gasteiger partial charge in [-0.05, 0) is 45.0 Å². The van der Waals surface area contributed by atoms with E-state index in [1.807, 2.05) is 45.0 Å². The molecule has 2 rings (SSSR count). The van der Waals surface area contributed by atoms with Crippen LogP contribution >= 0.6 is 0 Å². The van der Waals surface area contributed by atoms with Crippen LogP contribution in [0, 0.1) is 5.92 Å². The molecule has 1 fully saturated rings. The lowest BCUT2D eigenvalue weighted by atomic mass is 10.1. The third kappa shape index (κ3) is 3.29. The van der Waals surface area contributed by atoms with E-state index in [2.05, 4.69) is 0 Å². The van der Waals surface area contributed by atoms with Crippen molar-refractivity contribution < 1.29 is 14.3 Å². The highest BCUT2D eigenvalue weighted by atomic mass is 16.5. The summed E-state index contributed by atoms with van der Waals surface area (Å²) in [4.78, 5) is 24.6. The van der Waals surface area contributed by atoms with E-state index in [-0.39, 0.29) is 17.9 Å². The number of carbonyl (C=O) groups is 2. The molecule has 0 aliphatic carbocycles. The van der Waals surface area contributed by atoms with Gasteiger partial charge in [-0.1, -0.05) is 0 Å². The maximum absolute atomic E-state index is 11.9. The number of rotatable bonds is 3. The van der Waals surface area contributed by atoms with Gasteiger partial charge < -0.3 is 15.4 Å². The molecule has 1 aliphatic heterocycles. The predicted molar refractivity (Wildman–Crippen MR) is 76.5 cm³/mol. The van der Waals surface area contributed by atoms with Crippen LogP contribution in [0.3, 0.4) is 0 Å². The molecule has 5 nitrogen and oxygen atoms in total. The Labute approximate surface area is 118 Å². The summed E-state index contributed by atoms with van der Waals surface area (Å²) in [5, 5.41) is 0. The van der Waals surface area contributed by atoms with Gasteiger partial charge in [-0.3, -0.25) is 9.59 Å². The molecule has 0 saturated carbocycles. The minimum Gasteiger partial charge on any atom is -0.488 e. The van der Waals surface area contributed by atoms with Crippen molar-refractivity contribution in [2.75, 3.05) is 11.4 Å². The maximum Gasteiger partial charge on any atom is 0.227 e. The summed E-state index contributed by atoms with van der Waals surface area (Å²) in [5.41, 5.74) is 5.76. The molecule has 0 bridgehead atoms. The van der Waals surface area contributed by atoms with Gasteiger partial charge in [-0.2, -0.15) is 0 Å². The number of primary amides is 1. The number of amides is 2. The summed E-state index contributed by atoms with van der Waals surface area (Å²) >= 11 is 0. The maximum atomic E-state index is 11.9. The highest BCUT2D eigenvalue weighted by molar-refractivity contribution is 6.00. The van der Waals surface area contributed by atoms with E-state index in [0.717, 1.165) is 11.4 Å². The topological polar surface area (TPSA) is 72.6 Å². The molecule has 2 amide bonds. The summed E-state index contributed by atoms with van der Waals surface area (Å²) in [6, 6.07) is 7.29. The van der Waals surface area contributed by atoms with E-state index < -0.39 is 11.8 Å². The Balaban J connectivity index is 2.11. The summed E-state index contributed by atoms with van der Waals surface area (Å²) in [6.07, 6.45) is 0.190. The zero-order valence-corrected chi connectivity index (χ0v) is 12.1. The number of nitrogens with two attached hydrogens (primary N) is 1. The molecule has 0 radical (unpaired) electrons. The predicted octanol–water partition coefficient (Wildman–Crippen LogP) is 1.70. The Morgan fingerprint density at radius 3 is 2.35 bits per heavy atom. The Morgan fingerprint density at radius 2 is 1.90 bits per heavy atom. The van der Waals surface area contributed by atoms with Gasteiger partial charge in [0, 0.05) is 18.7 Å². The van der Waals surface area contributed by atoms with E-state index >= 15 is 0 Å². The first-order valence-corrected chi connectivity index (χ1v) is 6.65. The second kappa shape index (κ2) is 5.15. The van der Waals surface area contributed by atoms with Gasteiger partial charge in [0.1, 0.15) is 11.4 Å². The first-order valence-electron chi connectivity index (χ1n) is 6.65. The molecule has 1 aromatic rings. The van der Waals surface area contributed by atoms with Crippen molar-refractivity contribution in [2.45, 2.75) is 32.8 Å². The standard InChI is InChI=1S/C15H20N2O3/c1-15(2,3)20-12-6-4-11(5-7-12)17-9-10(14(16)19)8-13(17)18/h4-7,10H,8-9H2,1-3H3,(H2,16,19). The van der Waals surface area contributed by atoms with Crippen LogP contribution in [0.25, 0.3) is 0 Å². The molecule has 1 aromatic carbocycles. The first-order chi connectivity index (χ1) is 9.26. The third-order valence-corrected chi connectivity index (χ3v) is 3.10. The summed E-state index contributed by atoms with van der Waals surface area (Å²) in [6.45, 7) is 6.28. The van der Waals surface area contributed by atoms with Crippen LogP contribution in [-0.2, 0) is 9.59 Å². The molecule has 1 saturated heterocycles. The summed E-state index contributed by atoms with van der Waals surface area (Å²) in [7, 11) is 0. The number of hydrogen-bond donors (Lipinski definition) is 1. The van der Waals surface area contributed by atoms with Crippen LogP contribution in [0.1, 0.15) is 27.2 Å². The van der Waals surface area contributed by atoms with Gasteiger partial charge >= 0.3 is 0 Å². The van der Waals surface area contributed by atoms with Crippen molar-refractivity contribution in [2.24, 2.45) is 11.7 Å². The molecule has 1 unspecified atom stereocenters. The number of hydrogen-bond acceptors (Lipinski definition) is 3. The second-order valence-corrected chi connectivity index (χ2v) is 6.02. The third-order valence-electron chi connectivity index (χ3n) is 3.10. The first kappa shape index (κ1) is 14.4. The highest BCUT2D eigenvalue weighted by Gasteiger charge is 2.33. The Morgan fingerprint density at radius 1 is 1.30 bits per heavy atom. The normalized spacial score (nSPS) is 19.2. The van der Waals surface area contributed by atoms with Crippen molar-refractivity contribution >= 4 is 17.5 Å². The molecule has 2 N–H and O–H groups in total. The molecule has 0 aromatic heterocycles.